The van der Waals surface area contributed by atoms with Crippen molar-refractivity contribution in [1.29, 1.82) is 0 Å². The normalized spacial score (nSPS) is 21.1. The number of amides is 2. The van der Waals surface area contributed by atoms with Crippen molar-refractivity contribution >= 4 is 17.6 Å². The van der Waals surface area contributed by atoms with E-state index >= 15 is 0 Å². The molecule has 2 N–H and O–H groups in total. The molecule has 0 bridgehead atoms. The number of rotatable bonds is 5. The van der Waals surface area contributed by atoms with Crippen LogP contribution in [0.3, 0.4) is 0 Å². The van der Waals surface area contributed by atoms with Crippen molar-refractivity contribution < 1.29 is 24.2 Å². The van der Waals surface area contributed by atoms with E-state index in [1.54, 1.807) is 41.3 Å². The Kier molecular flexibility index (Phi) is 6.26. The maximum atomic E-state index is 13.5. The number of benzene rings is 2. The van der Waals surface area contributed by atoms with Gasteiger partial charge in [-0.3, -0.25) is 14.4 Å². The maximum Gasteiger partial charge on any atom is 0.251 e. The highest BCUT2D eigenvalue weighted by atomic mass is 16.5. The second-order valence-corrected chi connectivity index (χ2v) is 9.80. The van der Waals surface area contributed by atoms with Gasteiger partial charge in [0.05, 0.1) is 6.10 Å². The van der Waals surface area contributed by atoms with Crippen molar-refractivity contribution in [2.24, 2.45) is 0 Å². The Morgan fingerprint density at radius 1 is 1.12 bits per heavy atom. The minimum Gasteiger partial charge on any atom is -0.508 e. The molecule has 2 fully saturated rings. The van der Waals surface area contributed by atoms with Gasteiger partial charge in [0.2, 0.25) is 5.91 Å². The van der Waals surface area contributed by atoms with E-state index in [1.165, 1.54) is 0 Å². The minimum atomic E-state index is -0.850. The highest BCUT2D eigenvalue weighted by Gasteiger charge is 2.48. The molecule has 2 aromatic rings. The van der Waals surface area contributed by atoms with Gasteiger partial charge in [0.25, 0.3) is 5.91 Å². The summed E-state index contributed by atoms with van der Waals surface area (Å²) >= 11 is 0. The number of nitrogens with one attached hydrogen (secondary N) is 1. The van der Waals surface area contributed by atoms with E-state index < -0.39 is 12.1 Å². The molecule has 0 unspecified atom stereocenters. The van der Waals surface area contributed by atoms with E-state index in [4.69, 9.17) is 4.74 Å². The molecule has 0 saturated carbocycles. The molecule has 0 spiro atoms. The molecule has 33 heavy (non-hydrogen) atoms. The molecule has 7 nitrogen and oxygen atoms in total. The van der Waals surface area contributed by atoms with Crippen LogP contribution in [-0.2, 0) is 26.2 Å². The summed E-state index contributed by atoms with van der Waals surface area (Å²) in [7, 11) is 0. The van der Waals surface area contributed by atoms with Gasteiger partial charge in [0.15, 0.2) is 5.78 Å². The van der Waals surface area contributed by atoms with Crippen LogP contribution >= 0.6 is 0 Å². The van der Waals surface area contributed by atoms with Gasteiger partial charge >= 0.3 is 0 Å². The Morgan fingerprint density at radius 2 is 1.79 bits per heavy atom. The fourth-order valence-corrected chi connectivity index (χ4v) is 4.47. The summed E-state index contributed by atoms with van der Waals surface area (Å²) in [4.78, 5) is 40.4. The van der Waals surface area contributed by atoms with Crippen molar-refractivity contribution in [1.82, 2.24) is 10.2 Å². The lowest BCUT2D eigenvalue weighted by Crippen LogP contribution is -2.53. The van der Waals surface area contributed by atoms with Gasteiger partial charge in [-0.05, 0) is 47.2 Å². The van der Waals surface area contributed by atoms with Gasteiger partial charge in [-0.2, -0.15) is 0 Å². The summed E-state index contributed by atoms with van der Waals surface area (Å²) < 4.78 is 5.51. The zero-order valence-corrected chi connectivity index (χ0v) is 19.2. The summed E-state index contributed by atoms with van der Waals surface area (Å²) in [5, 5.41) is 12.5. The highest BCUT2D eigenvalue weighted by molar-refractivity contribution is 5.99. The summed E-state index contributed by atoms with van der Waals surface area (Å²) in [5.41, 5.74) is 2.33. The molecule has 7 heteroatoms. The molecule has 0 aromatic heterocycles. The molecular weight excluding hydrogens is 420 g/mol. The number of nitrogens with zero attached hydrogens (tertiary/aromatic N) is 1. The largest absolute Gasteiger partial charge is 0.508 e. The van der Waals surface area contributed by atoms with Crippen molar-refractivity contribution in [3.63, 3.8) is 0 Å². The van der Waals surface area contributed by atoms with Crippen LogP contribution in [0.2, 0.25) is 0 Å². The third-order valence-corrected chi connectivity index (χ3v) is 6.39. The third-order valence-electron chi connectivity index (χ3n) is 6.39. The number of aromatic hydroxyl groups is 1. The molecular formula is C26H30N2O5. The first-order chi connectivity index (χ1) is 15.6. The predicted molar refractivity (Wildman–Crippen MR) is 123 cm³/mol. The lowest BCUT2D eigenvalue weighted by atomic mass is 9.86. The van der Waals surface area contributed by atoms with Crippen LogP contribution in [0, 0.1) is 0 Å². The van der Waals surface area contributed by atoms with E-state index in [2.05, 4.69) is 26.1 Å². The Hall–Kier alpha value is -3.19. The summed E-state index contributed by atoms with van der Waals surface area (Å²) in [6, 6.07) is 12.5. The molecule has 2 aliphatic heterocycles. The number of carbonyl (C=O) groups excluding carboxylic acids is 3. The Balaban J connectivity index is 1.56. The number of likely N-dealkylation sites (tertiary alicyclic amines) is 1. The Labute approximate surface area is 193 Å². The zero-order chi connectivity index (χ0) is 23.8. The highest BCUT2D eigenvalue weighted by Crippen LogP contribution is 2.28. The number of carbonyl (C=O) groups is 3. The second kappa shape index (κ2) is 8.98. The Morgan fingerprint density at radius 3 is 2.42 bits per heavy atom. The van der Waals surface area contributed by atoms with Crippen LogP contribution in [0.15, 0.2) is 48.5 Å². The van der Waals surface area contributed by atoms with E-state index in [0.717, 1.165) is 11.1 Å². The van der Waals surface area contributed by atoms with Crippen LogP contribution in [0.1, 0.15) is 48.7 Å². The molecule has 2 aliphatic rings. The van der Waals surface area contributed by atoms with E-state index in [1.807, 2.05) is 12.1 Å². The van der Waals surface area contributed by atoms with Gasteiger partial charge in [-0.25, -0.2) is 0 Å². The molecule has 2 aromatic carbocycles. The SMILES string of the molecule is CC(C)(C)c1ccc(C(=O)N[C@@H](Cc2ccc(O)cc2)C(=O)N2CC[C@H]3OCC(=O)[C@H]32)cc1. The fourth-order valence-electron chi connectivity index (χ4n) is 4.47. The summed E-state index contributed by atoms with van der Waals surface area (Å²) in [5.74, 6) is -0.620. The van der Waals surface area contributed by atoms with Crippen LogP contribution in [0.5, 0.6) is 5.75 Å². The van der Waals surface area contributed by atoms with Gasteiger partial charge in [0.1, 0.15) is 24.4 Å². The van der Waals surface area contributed by atoms with E-state index in [0.29, 0.717) is 18.5 Å². The maximum absolute atomic E-state index is 13.5. The standard InChI is InChI=1S/C26H30N2O5/c1-26(2,3)18-8-6-17(7-9-18)24(31)27-20(14-16-4-10-19(29)11-5-16)25(32)28-13-12-22-23(28)21(30)15-33-22/h4-11,20,22-23,29H,12-15H2,1-3H3,(H,27,31)/t20-,22+,23+/m0/s1. The van der Waals surface area contributed by atoms with Crippen molar-refractivity contribution in [2.75, 3.05) is 13.2 Å². The number of ketones is 1. The molecule has 3 atom stereocenters. The predicted octanol–water partition coefficient (Wildman–Crippen LogP) is 2.60. The average molecular weight is 451 g/mol. The molecule has 0 radical (unpaired) electrons. The van der Waals surface area contributed by atoms with E-state index in [9.17, 15) is 19.5 Å². The number of hydrogen-bond acceptors (Lipinski definition) is 5. The molecule has 2 amide bonds. The number of Topliss-reactive ketones (excluding diaryl/α,β-unsaturated/α-hetero) is 1. The molecule has 0 aliphatic carbocycles. The van der Waals surface area contributed by atoms with Crippen molar-refractivity contribution in [3.8, 4) is 5.75 Å². The van der Waals surface area contributed by atoms with Crippen LogP contribution in [0.4, 0.5) is 0 Å². The topological polar surface area (TPSA) is 95.9 Å². The number of phenols is 1. The molecule has 174 valence electrons. The van der Waals surface area contributed by atoms with Crippen molar-refractivity contribution in [2.45, 2.75) is 57.2 Å². The molecule has 2 heterocycles. The zero-order valence-electron chi connectivity index (χ0n) is 19.2. The van der Waals surface area contributed by atoms with Crippen LogP contribution < -0.4 is 5.32 Å². The van der Waals surface area contributed by atoms with E-state index in [-0.39, 0.29) is 47.9 Å². The molecule has 4 rings (SSSR count). The fraction of sp³-hybridized carbons (Fsp3) is 0.423. The number of fused-ring (bicyclic) bond motifs is 1. The summed E-state index contributed by atoms with van der Waals surface area (Å²) in [6.07, 6.45) is 0.584. The number of ether oxygens (including phenoxy) is 1. The monoisotopic (exact) mass is 450 g/mol. The lowest BCUT2D eigenvalue weighted by molar-refractivity contribution is -0.138. The first-order valence-corrected chi connectivity index (χ1v) is 11.3. The minimum absolute atomic E-state index is 0.0221. The van der Waals surface area contributed by atoms with Gasteiger partial charge < -0.3 is 20.1 Å². The van der Waals surface area contributed by atoms with Crippen LogP contribution in [0.25, 0.3) is 0 Å². The summed E-state index contributed by atoms with van der Waals surface area (Å²) in [6.45, 7) is 6.75. The quantitative estimate of drug-likeness (QED) is 0.730. The van der Waals surface area contributed by atoms with Crippen molar-refractivity contribution in [3.05, 3.63) is 65.2 Å². The molecule has 2 saturated heterocycles. The number of phenolic OH excluding ortho intramolecular Hbond substituents is 1. The first-order valence-electron chi connectivity index (χ1n) is 11.3. The van der Waals surface area contributed by atoms with Gasteiger partial charge in [-0.1, -0.05) is 45.0 Å². The lowest BCUT2D eigenvalue weighted by Gasteiger charge is -2.28. The van der Waals surface area contributed by atoms with Crippen LogP contribution in [-0.4, -0.2) is 58.9 Å². The Bertz CT molecular complexity index is 1040. The van der Waals surface area contributed by atoms with Gasteiger partial charge in [-0.15, -0.1) is 0 Å². The van der Waals surface area contributed by atoms with Gasteiger partial charge in [0, 0.05) is 18.5 Å². The first kappa shape index (κ1) is 23.0. The smallest absolute Gasteiger partial charge is 0.251 e. The third kappa shape index (κ3) is 4.93. The number of hydrogen-bond donors (Lipinski definition) is 2. The second-order valence-electron chi connectivity index (χ2n) is 9.80. The average Bonchev–Trinajstić information content (AvgIpc) is 3.37.